The van der Waals surface area contributed by atoms with Crippen LogP contribution in [0.5, 0.6) is 0 Å². The van der Waals surface area contributed by atoms with Crippen molar-refractivity contribution in [3.8, 4) is 5.69 Å². The zero-order valence-electron chi connectivity index (χ0n) is 10.5. The number of nitrogens with zero attached hydrogens (tertiary/aromatic N) is 3. The number of benzene rings is 2. The third-order valence-corrected chi connectivity index (χ3v) is 4.12. The van der Waals surface area contributed by atoms with Crippen LogP contribution in [0.2, 0.25) is 0 Å². The van der Waals surface area contributed by atoms with Crippen LogP contribution in [0, 0.1) is 6.92 Å². The molecule has 0 spiro atoms. The first-order valence-corrected chi connectivity index (χ1v) is 6.71. The van der Waals surface area contributed by atoms with E-state index in [1.165, 1.54) is 6.07 Å². The van der Waals surface area contributed by atoms with E-state index >= 15 is 0 Å². The minimum atomic E-state index is -0.974. The maximum atomic E-state index is 11.0. The van der Waals surface area contributed by atoms with Crippen molar-refractivity contribution in [3.05, 3.63) is 52.0 Å². The lowest BCUT2D eigenvalue weighted by Crippen LogP contribution is -1.99. The monoisotopic (exact) mass is 331 g/mol. The van der Waals surface area contributed by atoms with Gasteiger partial charge < -0.3 is 5.11 Å². The van der Waals surface area contributed by atoms with E-state index in [0.717, 1.165) is 21.2 Å². The number of hydrogen-bond acceptors (Lipinski definition) is 3. The lowest BCUT2D eigenvalue weighted by atomic mass is 10.2. The fourth-order valence-electron chi connectivity index (χ4n) is 2.03. The molecule has 0 aliphatic rings. The predicted molar refractivity (Wildman–Crippen MR) is 78.3 cm³/mol. The van der Waals surface area contributed by atoms with Gasteiger partial charge in [-0.25, -0.2) is 9.48 Å². The Hall–Kier alpha value is -2.21. The molecule has 0 aliphatic heterocycles. The lowest BCUT2D eigenvalue weighted by molar-refractivity contribution is 0.0697. The minimum absolute atomic E-state index is 0.202. The molecule has 0 saturated heterocycles. The Balaban J connectivity index is 2.23. The standard InChI is InChI=1S/C14H10BrN3O2/c1-8-3-2-4-12(13(8)15)18-11-6-5-9(14(19)20)7-10(11)16-17-18/h2-7H,1H3,(H,19,20). The fraction of sp³-hybridized carbons (Fsp3) is 0.0714. The van der Waals surface area contributed by atoms with Crippen LogP contribution in [0.3, 0.4) is 0 Å². The van der Waals surface area contributed by atoms with E-state index in [-0.39, 0.29) is 5.56 Å². The molecule has 0 bridgehead atoms. The van der Waals surface area contributed by atoms with E-state index in [9.17, 15) is 4.79 Å². The average molecular weight is 332 g/mol. The SMILES string of the molecule is Cc1cccc(-n2nnc3cc(C(=O)O)ccc32)c1Br. The number of carbonyl (C=O) groups is 1. The smallest absolute Gasteiger partial charge is 0.335 e. The Morgan fingerprint density at radius 1 is 1.30 bits per heavy atom. The normalized spacial score (nSPS) is 10.9. The Morgan fingerprint density at radius 2 is 2.10 bits per heavy atom. The van der Waals surface area contributed by atoms with Gasteiger partial charge in [0.15, 0.2) is 0 Å². The Bertz CT molecular complexity index is 826. The van der Waals surface area contributed by atoms with E-state index in [4.69, 9.17) is 5.11 Å². The summed E-state index contributed by atoms with van der Waals surface area (Å²) in [4.78, 5) is 11.0. The zero-order chi connectivity index (χ0) is 14.3. The zero-order valence-corrected chi connectivity index (χ0v) is 12.1. The molecule has 0 radical (unpaired) electrons. The van der Waals surface area contributed by atoms with Crippen molar-refractivity contribution in [1.82, 2.24) is 15.0 Å². The van der Waals surface area contributed by atoms with Crippen LogP contribution in [0.25, 0.3) is 16.7 Å². The predicted octanol–water partition coefficient (Wildman–Crippen LogP) is 3.19. The average Bonchev–Trinajstić information content (AvgIpc) is 2.84. The third-order valence-electron chi connectivity index (χ3n) is 3.09. The topological polar surface area (TPSA) is 68.0 Å². The molecule has 1 heterocycles. The minimum Gasteiger partial charge on any atom is -0.478 e. The van der Waals surface area contributed by atoms with Crippen LogP contribution in [0.15, 0.2) is 40.9 Å². The molecule has 6 heteroatoms. The maximum Gasteiger partial charge on any atom is 0.335 e. The number of aromatic nitrogens is 3. The van der Waals surface area contributed by atoms with Gasteiger partial charge in [-0.2, -0.15) is 0 Å². The number of aryl methyl sites for hydroxylation is 1. The number of carboxylic acids is 1. The van der Waals surface area contributed by atoms with Crippen molar-refractivity contribution in [3.63, 3.8) is 0 Å². The molecule has 100 valence electrons. The highest BCUT2D eigenvalue weighted by Gasteiger charge is 2.12. The number of carboxylic acid groups (broad SMARTS) is 1. The van der Waals surface area contributed by atoms with Crippen LogP contribution in [-0.2, 0) is 0 Å². The molecular weight excluding hydrogens is 322 g/mol. The van der Waals surface area contributed by atoms with Crippen molar-refractivity contribution in [2.75, 3.05) is 0 Å². The first-order valence-electron chi connectivity index (χ1n) is 5.92. The summed E-state index contributed by atoms with van der Waals surface area (Å²) in [6, 6.07) is 10.6. The molecule has 0 amide bonds. The molecule has 0 fully saturated rings. The summed E-state index contributed by atoms with van der Waals surface area (Å²) >= 11 is 3.54. The van der Waals surface area contributed by atoms with Gasteiger partial charge in [0.2, 0.25) is 0 Å². The second kappa shape index (κ2) is 4.72. The molecule has 5 nitrogen and oxygen atoms in total. The lowest BCUT2D eigenvalue weighted by Gasteiger charge is -2.07. The van der Waals surface area contributed by atoms with Crippen molar-refractivity contribution >= 4 is 32.9 Å². The molecule has 3 aromatic rings. The fourth-order valence-corrected chi connectivity index (χ4v) is 2.46. The summed E-state index contributed by atoms with van der Waals surface area (Å²) in [5, 5.41) is 17.1. The molecule has 3 rings (SSSR count). The second-order valence-corrected chi connectivity index (χ2v) is 5.21. The molecule has 0 saturated carbocycles. The molecule has 1 aromatic heterocycles. The van der Waals surface area contributed by atoms with Crippen molar-refractivity contribution in [1.29, 1.82) is 0 Å². The molecule has 0 atom stereocenters. The highest BCUT2D eigenvalue weighted by molar-refractivity contribution is 9.10. The quantitative estimate of drug-likeness (QED) is 0.783. The van der Waals surface area contributed by atoms with Gasteiger partial charge in [0.05, 0.1) is 16.8 Å². The number of rotatable bonds is 2. The molecule has 0 unspecified atom stereocenters. The van der Waals surface area contributed by atoms with E-state index in [1.54, 1.807) is 16.8 Å². The third kappa shape index (κ3) is 1.98. The number of hydrogen-bond donors (Lipinski definition) is 1. The van der Waals surface area contributed by atoms with E-state index in [0.29, 0.717) is 5.52 Å². The summed E-state index contributed by atoms with van der Waals surface area (Å²) in [5.41, 5.74) is 3.48. The van der Waals surface area contributed by atoms with Crippen molar-refractivity contribution in [2.24, 2.45) is 0 Å². The van der Waals surface area contributed by atoms with Crippen LogP contribution in [0.4, 0.5) is 0 Å². The van der Waals surface area contributed by atoms with Gasteiger partial charge in [-0.05, 0) is 52.7 Å². The highest BCUT2D eigenvalue weighted by Crippen LogP contribution is 2.26. The second-order valence-electron chi connectivity index (χ2n) is 4.42. The summed E-state index contributed by atoms with van der Waals surface area (Å²) in [5.74, 6) is -0.974. The Morgan fingerprint density at radius 3 is 2.85 bits per heavy atom. The van der Waals surface area contributed by atoms with Gasteiger partial charge >= 0.3 is 5.97 Å². The van der Waals surface area contributed by atoms with Crippen LogP contribution >= 0.6 is 15.9 Å². The number of fused-ring (bicyclic) bond motifs is 1. The van der Waals surface area contributed by atoms with Gasteiger partial charge in [-0.3, -0.25) is 0 Å². The number of aromatic carboxylic acids is 1. The summed E-state index contributed by atoms with van der Waals surface area (Å²) in [7, 11) is 0. The molecule has 2 aromatic carbocycles. The van der Waals surface area contributed by atoms with Crippen LogP contribution in [0.1, 0.15) is 15.9 Å². The Kier molecular flexibility index (Phi) is 3.02. The van der Waals surface area contributed by atoms with Gasteiger partial charge in [0.25, 0.3) is 0 Å². The molecule has 1 N–H and O–H groups in total. The Labute approximate surface area is 123 Å². The largest absolute Gasteiger partial charge is 0.478 e. The van der Waals surface area contributed by atoms with Gasteiger partial charge in [-0.1, -0.05) is 17.3 Å². The molecular formula is C14H10BrN3O2. The molecule has 20 heavy (non-hydrogen) atoms. The highest BCUT2D eigenvalue weighted by atomic mass is 79.9. The van der Waals surface area contributed by atoms with Crippen LogP contribution < -0.4 is 0 Å². The van der Waals surface area contributed by atoms with Crippen LogP contribution in [-0.4, -0.2) is 26.1 Å². The van der Waals surface area contributed by atoms with E-state index < -0.39 is 5.97 Å². The van der Waals surface area contributed by atoms with Crippen molar-refractivity contribution < 1.29 is 9.90 Å². The molecule has 0 aliphatic carbocycles. The van der Waals surface area contributed by atoms with Gasteiger partial charge in [-0.15, -0.1) is 5.10 Å². The first kappa shape index (κ1) is 12.8. The van der Waals surface area contributed by atoms with E-state index in [1.807, 2.05) is 25.1 Å². The maximum absolute atomic E-state index is 11.0. The van der Waals surface area contributed by atoms with Gasteiger partial charge in [0, 0.05) is 4.47 Å². The van der Waals surface area contributed by atoms with Crippen molar-refractivity contribution in [2.45, 2.75) is 6.92 Å². The number of halogens is 1. The summed E-state index contributed by atoms with van der Waals surface area (Å²) in [6.07, 6.45) is 0. The first-order chi connectivity index (χ1) is 9.58. The van der Waals surface area contributed by atoms with Gasteiger partial charge in [0.1, 0.15) is 5.52 Å². The summed E-state index contributed by atoms with van der Waals surface area (Å²) in [6.45, 7) is 2.00. The summed E-state index contributed by atoms with van der Waals surface area (Å²) < 4.78 is 2.63. The van der Waals surface area contributed by atoms with E-state index in [2.05, 4.69) is 26.2 Å².